The molecule has 0 saturated carbocycles. The van der Waals surface area contributed by atoms with E-state index < -0.39 is 16.1 Å². The fraction of sp³-hybridized carbons (Fsp3) is 0.350. The number of anilines is 1. The molecule has 0 spiro atoms. The van der Waals surface area contributed by atoms with Crippen molar-refractivity contribution in [3.63, 3.8) is 0 Å². The number of hydrogen-bond acceptors (Lipinski definition) is 4. The van der Waals surface area contributed by atoms with E-state index in [-0.39, 0.29) is 10.8 Å². The number of rotatable bonds is 8. The summed E-state index contributed by atoms with van der Waals surface area (Å²) in [5.41, 5.74) is 8.02. The molecule has 0 fully saturated rings. The highest BCUT2D eigenvalue weighted by molar-refractivity contribution is 7.89. The van der Waals surface area contributed by atoms with Crippen molar-refractivity contribution < 1.29 is 13.2 Å². The molecule has 0 aliphatic carbocycles. The van der Waals surface area contributed by atoms with Gasteiger partial charge in [0.15, 0.2) is 0 Å². The van der Waals surface area contributed by atoms with Crippen LogP contribution in [-0.2, 0) is 21.2 Å². The van der Waals surface area contributed by atoms with Gasteiger partial charge in [0.25, 0.3) is 0 Å². The zero-order valence-electron chi connectivity index (χ0n) is 16.0. The number of nitrogens with two attached hydrogens (primary N) is 1. The molecule has 2 rings (SSSR count). The maximum Gasteiger partial charge on any atom is 0.243 e. The summed E-state index contributed by atoms with van der Waals surface area (Å²) in [6.07, 6.45) is 0.406. The minimum atomic E-state index is -3.61. The highest BCUT2D eigenvalue weighted by Gasteiger charge is 2.24. The first-order valence-electron chi connectivity index (χ1n) is 9.00. The van der Waals surface area contributed by atoms with E-state index in [0.717, 1.165) is 5.56 Å². The van der Waals surface area contributed by atoms with Crippen LogP contribution in [0.2, 0.25) is 0 Å². The molecule has 0 bridgehead atoms. The van der Waals surface area contributed by atoms with Crippen molar-refractivity contribution in [2.45, 2.75) is 38.1 Å². The van der Waals surface area contributed by atoms with Crippen molar-refractivity contribution in [2.75, 3.05) is 18.4 Å². The smallest absolute Gasteiger partial charge is 0.243 e. The molecule has 1 atom stereocenters. The quantitative estimate of drug-likeness (QED) is 0.726. The van der Waals surface area contributed by atoms with Gasteiger partial charge >= 0.3 is 0 Å². The molecule has 2 aromatic rings. The molecule has 0 heterocycles. The molecule has 1 unspecified atom stereocenters. The lowest BCUT2D eigenvalue weighted by Crippen LogP contribution is -2.37. The van der Waals surface area contributed by atoms with Gasteiger partial charge in [-0.25, -0.2) is 8.42 Å². The van der Waals surface area contributed by atoms with Gasteiger partial charge in [0.1, 0.15) is 0 Å². The third-order valence-electron chi connectivity index (χ3n) is 4.41. The Morgan fingerprint density at radius 3 is 2.33 bits per heavy atom. The van der Waals surface area contributed by atoms with Crippen LogP contribution < -0.4 is 11.1 Å². The number of amides is 1. The van der Waals surface area contributed by atoms with E-state index >= 15 is 0 Å². The molecular formula is C20H27N3O3S. The van der Waals surface area contributed by atoms with Gasteiger partial charge in [0.2, 0.25) is 15.9 Å². The van der Waals surface area contributed by atoms with E-state index in [1.807, 2.05) is 30.3 Å². The molecule has 0 radical (unpaired) electrons. The summed E-state index contributed by atoms with van der Waals surface area (Å²) in [6, 6.07) is 13.7. The van der Waals surface area contributed by atoms with Crippen LogP contribution in [0.4, 0.5) is 5.69 Å². The van der Waals surface area contributed by atoms with Gasteiger partial charge in [-0.2, -0.15) is 4.31 Å². The Balaban J connectivity index is 2.19. The van der Waals surface area contributed by atoms with Gasteiger partial charge in [-0.1, -0.05) is 50.2 Å². The summed E-state index contributed by atoms with van der Waals surface area (Å²) >= 11 is 0. The average Bonchev–Trinajstić information content (AvgIpc) is 2.64. The molecule has 27 heavy (non-hydrogen) atoms. The van der Waals surface area contributed by atoms with Crippen LogP contribution >= 0.6 is 0 Å². The fourth-order valence-corrected chi connectivity index (χ4v) is 4.56. The van der Waals surface area contributed by atoms with Crippen LogP contribution in [0, 0.1) is 6.92 Å². The Morgan fingerprint density at radius 2 is 1.74 bits per heavy atom. The summed E-state index contributed by atoms with van der Waals surface area (Å²) in [5.74, 6) is -0.353. The Bertz CT molecular complexity index is 879. The van der Waals surface area contributed by atoms with Crippen LogP contribution in [-0.4, -0.2) is 37.8 Å². The van der Waals surface area contributed by atoms with Crippen molar-refractivity contribution in [2.24, 2.45) is 5.73 Å². The minimum Gasteiger partial charge on any atom is -0.325 e. The number of benzene rings is 2. The standard InChI is InChI=1S/C20H27N3O3S/c1-4-23(5-2)27(25,26)19-14-17(12-11-15(19)3)22-20(24)18(21)13-16-9-7-6-8-10-16/h6-12,14,18H,4-5,13,21H2,1-3H3,(H,22,24). The summed E-state index contributed by atoms with van der Waals surface area (Å²) in [6.45, 7) is 6.10. The van der Waals surface area contributed by atoms with Gasteiger partial charge in [-0.05, 0) is 36.6 Å². The number of nitrogens with zero attached hydrogens (tertiary/aromatic N) is 1. The maximum absolute atomic E-state index is 12.8. The molecule has 0 aromatic heterocycles. The first-order chi connectivity index (χ1) is 12.8. The lowest BCUT2D eigenvalue weighted by atomic mass is 10.1. The minimum absolute atomic E-state index is 0.195. The van der Waals surface area contributed by atoms with E-state index in [0.29, 0.717) is 30.8 Å². The van der Waals surface area contributed by atoms with Crippen molar-refractivity contribution >= 4 is 21.6 Å². The highest BCUT2D eigenvalue weighted by Crippen LogP contribution is 2.23. The molecule has 1 amide bonds. The Morgan fingerprint density at radius 1 is 1.11 bits per heavy atom. The molecule has 6 nitrogen and oxygen atoms in total. The van der Waals surface area contributed by atoms with E-state index in [2.05, 4.69) is 5.32 Å². The van der Waals surface area contributed by atoms with Gasteiger partial charge in [0.05, 0.1) is 10.9 Å². The number of hydrogen-bond donors (Lipinski definition) is 2. The predicted octanol–water partition coefficient (Wildman–Crippen LogP) is 2.53. The Kier molecular flexibility index (Phi) is 7.12. The third-order valence-corrected chi connectivity index (χ3v) is 6.61. The first-order valence-corrected chi connectivity index (χ1v) is 10.4. The Hall–Kier alpha value is -2.22. The molecule has 0 aliphatic rings. The molecule has 7 heteroatoms. The molecular weight excluding hydrogens is 362 g/mol. The van der Waals surface area contributed by atoms with Crippen molar-refractivity contribution in [1.82, 2.24) is 4.31 Å². The monoisotopic (exact) mass is 389 g/mol. The SMILES string of the molecule is CCN(CC)S(=O)(=O)c1cc(NC(=O)C(N)Cc2ccccc2)ccc1C. The van der Waals surface area contributed by atoms with Crippen LogP contribution in [0.3, 0.4) is 0 Å². The summed E-state index contributed by atoms with van der Waals surface area (Å²) in [4.78, 5) is 12.6. The Labute approximate surface area is 161 Å². The topological polar surface area (TPSA) is 92.5 Å². The molecule has 3 N–H and O–H groups in total. The molecule has 0 aliphatic heterocycles. The van der Waals surface area contributed by atoms with Gasteiger partial charge in [-0.3, -0.25) is 4.79 Å². The highest BCUT2D eigenvalue weighted by atomic mass is 32.2. The summed E-state index contributed by atoms with van der Waals surface area (Å²) in [5, 5.41) is 2.73. The van der Waals surface area contributed by atoms with Gasteiger partial charge < -0.3 is 11.1 Å². The molecule has 146 valence electrons. The lowest BCUT2D eigenvalue weighted by Gasteiger charge is -2.20. The van der Waals surface area contributed by atoms with Crippen LogP contribution in [0.25, 0.3) is 0 Å². The van der Waals surface area contributed by atoms with Crippen LogP contribution in [0.5, 0.6) is 0 Å². The van der Waals surface area contributed by atoms with Crippen molar-refractivity contribution in [3.8, 4) is 0 Å². The fourth-order valence-electron chi connectivity index (χ4n) is 2.85. The average molecular weight is 390 g/mol. The third kappa shape index (κ3) is 5.15. The number of carbonyl (C=O) groups excluding carboxylic acids is 1. The zero-order valence-corrected chi connectivity index (χ0v) is 16.8. The molecule has 2 aromatic carbocycles. The number of sulfonamides is 1. The largest absolute Gasteiger partial charge is 0.325 e. The maximum atomic E-state index is 12.8. The van der Waals surface area contributed by atoms with Gasteiger partial charge in [-0.15, -0.1) is 0 Å². The second-order valence-electron chi connectivity index (χ2n) is 6.36. The summed E-state index contributed by atoms with van der Waals surface area (Å²) < 4.78 is 27.0. The zero-order chi connectivity index (χ0) is 20.0. The van der Waals surface area contributed by atoms with Crippen LogP contribution in [0.1, 0.15) is 25.0 Å². The normalized spacial score (nSPS) is 12.8. The van der Waals surface area contributed by atoms with E-state index in [1.165, 1.54) is 10.4 Å². The van der Waals surface area contributed by atoms with Gasteiger partial charge in [0, 0.05) is 18.8 Å². The van der Waals surface area contributed by atoms with Crippen molar-refractivity contribution in [3.05, 3.63) is 59.7 Å². The first kappa shape index (κ1) is 21.1. The van der Waals surface area contributed by atoms with E-state index in [1.54, 1.807) is 32.9 Å². The second kappa shape index (κ2) is 9.12. The van der Waals surface area contributed by atoms with Crippen LogP contribution in [0.15, 0.2) is 53.4 Å². The predicted molar refractivity (Wildman–Crippen MR) is 108 cm³/mol. The molecule has 0 saturated heterocycles. The second-order valence-corrected chi connectivity index (χ2v) is 8.26. The number of aryl methyl sites for hydroxylation is 1. The number of nitrogens with one attached hydrogen (secondary N) is 1. The van der Waals surface area contributed by atoms with Crippen molar-refractivity contribution in [1.29, 1.82) is 0 Å². The van der Waals surface area contributed by atoms with E-state index in [4.69, 9.17) is 5.73 Å². The van der Waals surface area contributed by atoms with E-state index in [9.17, 15) is 13.2 Å². The summed E-state index contributed by atoms with van der Waals surface area (Å²) in [7, 11) is -3.61. The number of carbonyl (C=O) groups is 1. The lowest BCUT2D eigenvalue weighted by molar-refractivity contribution is -0.117.